The van der Waals surface area contributed by atoms with E-state index in [0.29, 0.717) is 19.3 Å². The van der Waals surface area contributed by atoms with Crippen molar-refractivity contribution in [2.75, 3.05) is 6.61 Å². The molecule has 0 aromatic heterocycles. The van der Waals surface area contributed by atoms with Gasteiger partial charge in [-0.3, -0.25) is 9.59 Å². The number of hydrogen-bond acceptors (Lipinski definition) is 9. The van der Waals surface area contributed by atoms with Gasteiger partial charge < -0.3 is 40.1 Å². The average molecular weight is 649 g/mol. The number of hydrogen-bond donors (Lipinski definition) is 6. The molecule has 1 aliphatic heterocycles. The Hall–Kier alpha value is -1.56. The van der Waals surface area contributed by atoms with Crippen molar-refractivity contribution in [2.24, 2.45) is 50.2 Å². The van der Waals surface area contributed by atoms with Crippen molar-refractivity contribution in [1.29, 1.82) is 0 Å². The smallest absolute Gasteiger partial charge is 0.315 e. The molecule has 1 saturated heterocycles. The molecule has 6 N–H and O–H groups in total. The number of allylic oxidation sites excluding steroid dienone is 2. The lowest BCUT2D eigenvalue weighted by atomic mass is 9.33. The van der Waals surface area contributed by atoms with Crippen LogP contribution in [-0.4, -0.2) is 86.0 Å². The lowest BCUT2D eigenvalue weighted by molar-refractivity contribution is -0.297. The summed E-state index contributed by atoms with van der Waals surface area (Å²) in [4.78, 5) is 27.1. The fraction of sp³-hybridized carbons (Fsp3) is 0.889. The highest BCUT2D eigenvalue weighted by Gasteiger charge is 2.71. The van der Waals surface area contributed by atoms with Gasteiger partial charge in [-0.2, -0.15) is 0 Å². The number of ether oxygens (including phenoxy) is 2. The van der Waals surface area contributed by atoms with E-state index < -0.39 is 66.2 Å². The van der Waals surface area contributed by atoms with Gasteiger partial charge in [-0.25, -0.2) is 0 Å². The van der Waals surface area contributed by atoms with Crippen LogP contribution >= 0.6 is 0 Å². The number of esters is 1. The number of carbonyl (C=O) groups is 2. The zero-order valence-electron chi connectivity index (χ0n) is 28.4. The van der Waals surface area contributed by atoms with Gasteiger partial charge in [0, 0.05) is 0 Å². The molecule has 0 aromatic rings. The summed E-state index contributed by atoms with van der Waals surface area (Å²) in [5.74, 6) is -1.40. The largest absolute Gasteiger partial charge is 0.481 e. The van der Waals surface area contributed by atoms with Crippen LogP contribution in [0.3, 0.4) is 0 Å². The molecular weight excluding hydrogens is 592 g/mol. The van der Waals surface area contributed by atoms with Gasteiger partial charge in [0.1, 0.15) is 24.4 Å². The number of carboxylic acids is 1. The first-order chi connectivity index (χ1) is 21.3. The van der Waals surface area contributed by atoms with Crippen LogP contribution in [-0.2, 0) is 19.1 Å². The second-order valence-electron chi connectivity index (χ2n) is 17.6. The molecule has 6 aliphatic rings. The van der Waals surface area contributed by atoms with Crippen molar-refractivity contribution in [3.8, 4) is 0 Å². The molecule has 260 valence electrons. The highest BCUT2D eigenvalue weighted by atomic mass is 16.7. The molecule has 0 aromatic carbocycles. The minimum absolute atomic E-state index is 0.0130. The highest BCUT2D eigenvalue weighted by Crippen LogP contribution is 2.76. The molecule has 6 rings (SSSR count). The van der Waals surface area contributed by atoms with Gasteiger partial charge >= 0.3 is 11.9 Å². The number of aliphatic hydroxyl groups is 5. The molecule has 10 nitrogen and oxygen atoms in total. The maximum atomic E-state index is 14.4. The summed E-state index contributed by atoms with van der Waals surface area (Å²) in [5.41, 5.74) is -1.39. The summed E-state index contributed by atoms with van der Waals surface area (Å²) in [6, 6.07) is 0. The molecule has 0 radical (unpaired) electrons. The third-order valence-electron chi connectivity index (χ3n) is 15.2. The third-order valence-corrected chi connectivity index (χ3v) is 15.2. The van der Waals surface area contributed by atoms with Crippen LogP contribution in [0.15, 0.2) is 11.6 Å². The van der Waals surface area contributed by atoms with Crippen molar-refractivity contribution in [1.82, 2.24) is 0 Å². The zero-order chi connectivity index (χ0) is 33.8. The molecule has 5 unspecified atom stereocenters. The summed E-state index contributed by atoms with van der Waals surface area (Å²) in [5, 5.41) is 62.4. The Morgan fingerprint density at radius 1 is 0.870 bits per heavy atom. The van der Waals surface area contributed by atoms with Crippen molar-refractivity contribution >= 4 is 11.9 Å². The van der Waals surface area contributed by atoms with E-state index in [4.69, 9.17) is 9.47 Å². The fourth-order valence-corrected chi connectivity index (χ4v) is 12.0. The van der Waals surface area contributed by atoms with Crippen molar-refractivity contribution in [3.63, 3.8) is 0 Å². The minimum Gasteiger partial charge on any atom is -0.481 e. The Morgan fingerprint density at radius 3 is 2.20 bits per heavy atom. The quantitative estimate of drug-likeness (QED) is 0.195. The fourth-order valence-electron chi connectivity index (χ4n) is 12.0. The molecule has 0 spiro atoms. The highest BCUT2D eigenvalue weighted by molar-refractivity contribution is 5.79. The van der Waals surface area contributed by atoms with Gasteiger partial charge in [0.15, 0.2) is 0 Å². The molecule has 5 aliphatic carbocycles. The van der Waals surface area contributed by atoms with Gasteiger partial charge in [-0.15, -0.1) is 0 Å². The molecule has 4 saturated carbocycles. The lowest BCUT2D eigenvalue weighted by Gasteiger charge is -2.71. The third kappa shape index (κ3) is 4.49. The van der Waals surface area contributed by atoms with E-state index in [0.717, 1.165) is 44.9 Å². The molecular formula is C36H56O10. The molecule has 46 heavy (non-hydrogen) atoms. The molecule has 10 heteroatoms. The standard InChI is InChI=1S/C36H56O10/c1-31(2)13-15-36(30(44)46-28-27(41)26(40)25(39)21(18-37)45-28)16-14-33(4)19(20(36)17-31)7-8-22-32(3)11-10-24(38)35(6,29(42)43)23(32)9-12-34(22,33)5/h7,20-28,37-41H,8-18H2,1-6H3,(H,42,43)/t20?,21?,22?,23?,24-,25+,26-,27-,28?,32+,33+,34+,35-,36-/m0/s1. The van der Waals surface area contributed by atoms with E-state index in [1.54, 1.807) is 6.92 Å². The Morgan fingerprint density at radius 2 is 1.54 bits per heavy atom. The first-order valence-electron chi connectivity index (χ1n) is 17.5. The van der Waals surface area contributed by atoms with Crippen LogP contribution in [0.2, 0.25) is 0 Å². The molecule has 0 amide bonds. The second-order valence-corrected chi connectivity index (χ2v) is 17.6. The van der Waals surface area contributed by atoms with Gasteiger partial charge in [0.05, 0.1) is 23.5 Å². The summed E-state index contributed by atoms with van der Waals surface area (Å²) in [7, 11) is 0. The Labute approximate surface area is 272 Å². The van der Waals surface area contributed by atoms with E-state index >= 15 is 0 Å². The molecule has 14 atom stereocenters. The normalized spacial score (nSPS) is 53.0. The Balaban J connectivity index is 1.36. The maximum Gasteiger partial charge on any atom is 0.315 e. The van der Waals surface area contributed by atoms with Gasteiger partial charge in [0.25, 0.3) is 0 Å². The van der Waals surface area contributed by atoms with Crippen molar-refractivity contribution < 1.29 is 49.7 Å². The van der Waals surface area contributed by atoms with E-state index in [1.807, 2.05) is 0 Å². The van der Waals surface area contributed by atoms with Crippen LogP contribution in [0, 0.1) is 50.2 Å². The number of fused-ring (bicyclic) bond motifs is 7. The predicted octanol–water partition coefficient (Wildman–Crippen LogP) is 3.56. The number of rotatable bonds is 4. The number of carboxylic acid groups (broad SMARTS) is 1. The Kier molecular flexibility index (Phi) is 8.18. The molecule has 5 fully saturated rings. The maximum absolute atomic E-state index is 14.4. The first kappa shape index (κ1) is 34.3. The van der Waals surface area contributed by atoms with Crippen LogP contribution < -0.4 is 0 Å². The molecule has 1 heterocycles. The summed E-state index contributed by atoms with van der Waals surface area (Å²) < 4.78 is 11.5. The van der Waals surface area contributed by atoms with Crippen LogP contribution in [0.4, 0.5) is 0 Å². The SMILES string of the molecule is CC1(C)CC[C@]2(C(=O)OC3OC(CO)[C@@H](O)[C@H](O)[C@@H]3O)CC[C@]3(C)C(=CCC4[C@@]5(C)CC[C@H](O)[C@@](C)(C(=O)O)C5CC[C@]43C)C2C1. The minimum atomic E-state index is -1.65. The summed E-state index contributed by atoms with van der Waals surface area (Å²) in [6.45, 7) is 12.6. The number of carbonyl (C=O) groups excluding carboxylic acids is 1. The summed E-state index contributed by atoms with van der Waals surface area (Å²) in [6.07, 6.45) is 1.20. The van der Waals surface area contributed by atoms with E-state index in [-0.39, 0.29) is 39.4 Å². The van der Waals surface area contributed by atoms with Gasteiger partial charge in [-0.05, 0) is 111 Å². The first-order valence-corrected chi connectivity index (χ1v) is 17.5. The average Bonchev–Trinajstić information content (AvgIpc) is 2.99. The van der Waals surface area contributed by atoms with E-state index in [1.165, 1.54) is 5.57 Å². The lowest BCUT2D eigenvalue weighted by Crippen LogP contribution is -2.66. The summed E-state index contributed by atoms with van der Waals surface area (Å²) >= 11 is 0. The number of aliphatic hydroxyl groups excluding tert-OH is 5. The van der Waals surface area contributed by atoms with Crippen molar-refractivity contribution in [2.45, 2.75) is 143 Å². The molecule has 0 bridgehead atoms. The Bertz CT molecular complexity index is 1280. The van der Waals surface area contributed by atoms with Crippen LogP contribution in [0.1, 0.15) is 106 Å². The predicted molar refractivity (Wildman–Crippen MR) is 167 cm³/mol. The van der Waals surface area contributed by atoms with E-state index in [2.05, 4.69) is 40.7 Å². The van der Waals surface area contributed by atoms with E-state index in [9.17, 15) is 40.2 Å². The number of aliphatic carboxylic acids is 1. The van der Waals surface area contributed by atoms with Crippen molar-refractivity contribution in [3.05, 3.63) is 11.6 Å². The van der Waals surface area contributed by atoms with Crippen LogP contribution in [0.5, 0.6) is 0 Å². The van der Waals surface area contributed by atoms with Gasteiger partial charge in [-0.1, -0.05) is 46.3 Å². The topological polar surface area (TPSA) is 174 Å². The van der Waals surface area contributed by atoms with Gasteiger partial charge in [0.2, 0.25) is 6.29 Å². The van der Waals surface area contributed by atoms with Crippen LogP contribution in [0.25, 0.3) is 0 Å². The second kappa shape index (κ2) is 11.0. The monoisotopic (exact) mass is 648 g/mol. The zero-order valence-corrected chi connectivity index (χ0v) is 28.4.